The molecule has 110 valence electrons. The largest absolute Gasteiger partial charge is 0.506 e. The zero-order valence-electron chi connectivity index (χ0n) is 12.3. The molecule has 0 spiro atoms. The Kier molecular flexibility index (Phi) is 3.82. The molecule has 2 N–H and O–H groups in total. The van der Waals surface area contributed by atoms with Crippen molar-refractivity contribution in [3.8, 4) is 5.75 Å². The number of carbonyl (C=O) groups is 1. The number of phenols is 1. The minimum atomic E-state index is -0.175. The third-order valence-corrected chi connectivity index (χ3v) is 4.29. The van der Waals surface area contributed by atoms with Gasteiger partial charge in [0.2, 0.25) is 0 Å². The van der Waals surface area contributed by atoms with E-state index < -0.39 is 0 Å². The third-order valence-electron chi connectivity index (χ3n) is 4.29. The highest BCUT2D eigenvalue weighted by Crippen LogP contribution is 2.34. The number of aromatic hydroxyl groups is 1. The van der Waals surface area contributed by atoms with Crippen LogP contribution in [0.5, 0.6) is 5.75 Å². The van der Waals surface area contributed by atoms with Crippen LogP contribution in [0.3, 0.4) is 0 Å². The molecule has 1 aliphatic carbocycles. The van der Waals surface area contributed by atoms with Gasteiger partial charge >= 0.3 is 0 Å². The minimum absolute atomic E-state index is 0.0758. The van der Waals surface area contributed by atoms with E-state index in [0.29, 0.717) is 5.56 Å². The fourth-order valence-corrected chi connectivity index (χ4v) is 2.79. The first kappa shape index (κ1) is 13.9. The molecule has 3 heteroatoms. The van der Waals surface area contributed by atoms with E-state index >= 15 is 0 Å². The van der Waals surface area contributed by atoms with E-state index in [-0.39, 0.29) is 17.7 Å². The summed E-state index contributed by atoms with van der Waals surface area (Å²) in [5, 5.41) is 15.1. The summed E-state index contributed by atoms with van der Waals surface area (Å²) < 4.78 is 0. The van der Waals surface area contributed by atoms with Gasteiger partial charge in [0.05, 0.1) is 5.56 Å². The molecule has 2 aromatic rings. The highest BCUT2D eigenvalue weighted by Gasteiger charge is 2.26. The zero-order chi connectivity index (χ0) is 14.8. The van der Waals surface area contributed by atoms with E-state index in [9.17, 15) is 9.90 Å². The van der Waals surface area contributed by atoms with E-state index in [1.807, 2.05) is 30.3 Å². The number of rotatable bonds is 5. The number of amides is 1. The molecule has 1 atom stereocenters. The van der Waals surface area contributed by atoms with Gasteiger partial charge in [0, 0.05) is 11.4 Å². The molecule has 21 heavy (non-hydrogen) atoms. The van der Waals surface area contributed by atoms with Crippen molar-refractivity contribution in [1.82, 2.24) is 5.32 Å². The summed E-state index contributed by atoms with van der Waals surface area (Å²) in [5.74, 6) is 0.679. The summed E-state index contributed by atoms with van der Waals surface area (Å²) in [6, 6.07) is 11.3. The lowest BCUT2D eigenvalue weighted by atomic mass is 10.0. The Morgan fingerprint density at radius 1 is 1.29 bits per heavy atom. The highest BCUT2D eigenvalue weighted by molar-refractivity contribution is 6.03. The summed E-state index contributed by atoms with van der Waals surface area (Å²) >= 11 is 0. The number of phenolic OH excluding ortho intramolecular Hbond substituents is 1. The van der Waals surface area contributed by atoms with E-state index in [0.717, 1.165) is 29.5 Å². The number of fused-ring (bicyclic) bond motifs is 1. The Hall–Kier alpha value is -2.03. The molecule has 1 fully saturated rings. The van der Waals surface area contributed by atoms with Crippen LogP contribution in [0.4, 0.5) is 0 Å². The molecule has 0 radical (unpaired) electrons. The van der Waals surface area contributed by atoms with Crippen LogP contribution in [0, 0.1) is 5.92 Å². The molecule has 0 heterocycles. The van der Waals surface area contributed by atoms with Crippen LogP contribution < -0.4 is 5.32 Å². The predicted octanol–water partition coefficient (Wildman–Crippen LogP) is 3.85. The van der Waals surface area contributed by atoms with Crippen LogP contribution in [-0.4, -0.2) is 17.1 Å². The van der Waals surface area contributed by atoms with Crippen molar-refractivity contribution in [3.05, 3.63) is 42.0 Å². The topological polar surface area (TPSA) is 49.3 Å². The maximum Gasteiger partial charge on any atom is 0.255 e. The molecule has 1 saturated carbocycles. The Balaban J connectivity index is 1.81. The molecule has 0 saturated heterocycles. The van der Waals surface area contributed by atoms with Gasteiger partial charge in [-0.1, -0.05) is 50.1 Å². The summed E-state index contributed by atoms with van der Waals surface area (Å²) in [4.78, 5) is 12.4. The number of carbonyl (C=O) groups excluding carboxylic acids is 1. The molecule has 3 rings (SSSR count). The van der Waals surface area contributed by atoms with Crippen molar-refractivity contribution in [2.24, 2.45) is 5.92 Å². The SMILES string of the molecule is CCC(CC1CC1)NC(=O)c1ccc2ccccc2c1O. The second-order valence-electron chi connectivity index (χ2n) is 5.94. The molecule has 1 aliphatic rings. The first-order chi connectivity index (χ1) is 10.2. The normalized spacial score (nSPS) is 15.9. The van der Waals surface area contributed by atoms with Crippen molar-refractivity contribution in [1.29, 1.82) is 0 Å². The number of nitrogens with one attached hydrogen (secondary N) is 1. The Morgan fingerprint density at radius 2 is 2.05 bits per heavy atom. The fraction of sp³-hybridized carbons (Fsp3) is 0.389. The molecular weight excluding hydrogens is 262 g/mol. The molecule has 1 unspecified atom stereocenters. The second-order valence-corrected chi connectivity index (χ2v) is 5.94. The Bertz CT molecular complexity index is 661. The molecule has 2 aromatic carbocycles. The zero-order valence-corrected chi connectivity index (χ0v) is 12.3. The van der Waals surface area contributed by atoms with Gasteiger partial charge in [-0.25, -0.2) is 0 Å². The van der Waals surface area contributed by atoms with Crippen LogP contribution in [0.2, 0.25) is 0 Å². The lowest BCUT2D eigenvalue weighted by molar-refractivity contribution is 0.0930. The molecular formula is C18H21NO2. The monoisotopic (exact) mass is 283 g/mol. The number of benzene rings is 2. The van der Waals surface area contributed by atoms with Crippen molar-refractivity contribution < 1.29 is 9.90 Å². The van der Waals surface area contributed by atoms with Crippen molar-refractivity contribution in [3.63, 3.8) is 0 Å². The first-order valence-corrected chi connectivity index (χ1v) is 7.70. The summed E-state index contributed by atoms with van der Waals surface area (Å²) in [6.07, 6.45) is 4.55. The van der Waals surface area contributed by atoms with Crippen LogP contribution in [0.25, 0.3) is 10.8 Å². The summed E-state index contributed by atoms with van der Waals surface area (Å²) in [5.41, 5.74) is 0.364. The standard InChI is InChI=1S/C18H21NO2/c1-2-14(11-12-7-8-12)19-18(21)16-10-9-13-5-3-4-6-15(13)17(16)20/h3-6,9-10,12,14,20H,2,7-8,11H2,1H3,(H,19,21). The van der Waals surface area contributed by atoms with Gasteiger partial charge in [0.25, 0.3) is 5.91 Å². The molecule has 0 bridgehead atoms. The van der Waals surface area contributed by atoms with E-state index in [1.165, 1.54) is 12.8 Å². The van der Waals surface area contributed by atoms with Crippen LogP contribution in [-0.2, 0) is 0 Å². The maximum atomic E-state index is 12.4. The summed E-state index contributed by atoms with van der Waals surface area (Å²) in [7, 11) is 0. The summed E-state index contributed by atoms with van der Waals surface area (Å²) in [6.45, 7) is 2.09. The number of hydrogen-bond acceptors (Lipinski definition) is 2. The quantitative estimate of drug-likeness (QED) is 0.875. The van der Waals surface area contributed by atoms with Crippen molar-refractivity contribution in [2.45, 2.75) is 38.6 Å². The third kappa shape index (κ3) is 3.02. The first-order valence-electron chi connectivity index (χ1n) is 7.70. The van der Waals surface area contributed by atoms with Gasteiger partial charge in [-0.3, -0.25) is 4.79 Å². The predicted molar refractivity (Wildman–Crippen MR) is 84.5 cm³/mol. The van der Waals surface area contributed by atoms with E-state index in [1.54, 1.807) is 6.07 Å². The average molecular weight is 283 g/mol. The molecule has 3 nitrogen and oxygen atoms in total. The highest BCUT2D eigenvalue weighted by atomic mass is 16.3. The van der Waals surface area contributed by atoms with Gasteiger partial charge < -0.3 is 10.4 Å². The fourth-order valence-electron chi connectivity index (χ4n) is 2.79. The minimum Gasteiger partial charge on any atom is -0.506 e. The lowest BCUT2D eigenvalue weighted by Crippen LogP contribution is -2.34. The van der Waals surface area contributed by atoms with E-state index in [2.05, 4.69) is 12.2 Å². The second kappa shape index (κ2) is 5.76. The van der Waals surface area contributed by atoms with Crippen LogP contribution in [0.1, 0.15) is 43.0 Å². The van der Waals surface area contributed by atoms with E-state index in [4.69, 9.17) is 0 Å². The van der Waals surface area contributed by atoms with Gasteiger partial charge in [-0.15, -0.1) is 0 Å². The van der Waals surface area contributed by atoms with Crippen molar-refractivity contribution in [2.75, 3.05) is 0 Å². The molecule has 0 aromatic heterocycles. The molecule has 1 amide bonds. The van der Waals surface area contributed by atoms with Crippen molar-refractivity contribution >= 4 is 16.7 Å². The number of hydrogen-bond donors (Lipinski definition) is 2. The Morgan fingerprint density at radius 3 is 2.76 bits per heavy atom. The van der Waals surface area contributed by atoms with Gasteiger partial charge in [0.15, 0.2) is 0 Å². The van der Waals surface area contributed by atoms with Gasteiger partial charge in [-0.05, 0) is 30.2 Å². The maximum absolute atomic E-state index is 12.4. The van der Waals surface area contributed by atoms with Crippen LogP contribution >= 0.6 is 0 Å². The smallest absolute Gasteiger partial charge is 0.255 e. The lowest BCUT2D eigenvalue weighted by Gasteiger charge is -2.17. The van der Waals surface area contributed by atoms with Crippen LogP contribution in [0.15, 0.2) is 36.4 Å². The van der Waals surface area contributed by atoms with Gasteiger partial charge in [-0.2, -0.15) is 0 Å². The molecule has 0 aliphatic heterocycles. The average Bonchev–Trinajstić information content (AvgIpc) is 3.31. The Labute approximate surface area is 125 Å². The van der Waals surface area contributed by atoms with Gasteiger partial charge in [0.1, 0.15) is 5.75 Å².